The molecule has 0 fully saturated rings. The molecule has 0 bridgehead atoms. The van der Waals surface area contributed by atoms with Crippen LogP contribution in [-0.2, 0) is 4.79 Å². The molecule has 2 N–H and O–H groups in total. The SMILES string of the molecule is O=C(CCSc1ccc(Cl)cc1)Nc1ccccc1-n1ncc2c(=O)[nH]cnc21. The van der Waals surface area contributed by atoms with Gasteiger partial charge < -0.3 is 10.3 Å². The molecule has 4 aromatic rings. The fourth-order valence-corrected chi connectivity index (χ4v) is 3.78. The second kappa shape index (κ2) is 8.50. The molecule has 0 saturated heterocycles. The Labute approximate surface area is 175 Å². The number of H-pyrrole nitrogens is 1. The largest absolute Gasteiger partial charge is 0.324 e. The number of benzene rings is 2. The summed E-state index contributed by atoms with van der Waals surface area (Å²) in [5.74, 6) is 0.526. The van der Waals surface area contributed by atoms with Gasteiger partial charge in [-0.1, -0.05) is 23.7 Å². The summed E-state index contributed by atoms with van der Waals surface area (Å²) in [5.41, 5.74) is 1.40. The highest BCUT2D eigenvalue weighted by molar-refractivity contribution is 7.99. The first-order valence-corrected chi connectivity index (χ1v) is 10.2. The van der Waals surface area contributed by atoms with Gasteiger partial charge in [-0.25, -0.2) is 9.67 Å². The van der Waals surface area contributed by atoms with Crippen LogP contribution in [0.5, 0.6) is 0 Å². The van der Waals surface area contributed by atoms with Crippen molar-refractivity contribution >= 4 is 46.0 Å². The molecule has 2 heterocycles. The standard InChI is InChI=1S/C20H16ClN5O2S/c21-13-5-7-14(8-6-13)29-10-9-18(27)25-16-3-1-2-4-17(16)26-19-15(11-24-26)20(28)23-12-22-19/h1-8,11-12H,9-10H2,(H,25,27)(H,22,23,28). The third kappa shape index (κ3) is 4.33. The third-order valence-electron chi connectivity index (χ3n) is 4.19. The molecular formula is C20H16ClN5O2S. The Kier molecular flexibility index (Phi) is 5.64. The quantitative estimate of drug-likeness (QED) is 0.457. The molecule has 4 rings (SSSR count). The molecule has 7 nitrogen and oxygen atoms in total. The fourth-order valence-electron chi connectivity index (χ4n) is 2.80. The van der Waals surface area contributed by atoms with Crippen molar-refractivity contribution in [3.63, 3.8) is 0 Å². The van der Waals surface area contributed by atoms with Crippen molar-refractivity contribution in [2.45, 2.75) is 11.3 Å². The number of fused-ring (bicyclic) bond motifs is 1. The summed E-state index contributed by atoms with van der Waals surface area (Å²) in [5, 5.41) is 8.27. The second-order valence-corrected chi connectivity index (χ2v) is 7.75. The highest BCUT2D eigenvalue weighted by Crippen LogP contribution is 2.24. The van der Waals surface area contributed by atoms with Crippen molar-refractivity contribution in [1.82, 2.24) is 19.7 Å². The van der Waals surface area contributed by atoms with E-state index < -0.39 is 0 Å². The minimum absolute atomic E-state index is 0.110. The Morgan fingerprint density at radius 3 is 2.79 bits per heavy atom. The van der Waals surface area contributed by atoms with E-state index in [2.05, 4.69) is 20.4 Å². The molecule has 29 heavy (non-hydrogen) atoms. The summed E-state index contributed by atoms with van der Waals surface area (Å²) >= 11 is 7.47. The number of para-hydroxylation sites is 2. The zero-order valence-electron chi connectivity index (χ0n) is 15.1. The maximum absolute atomic E-state index is 12.5. The monoisotopic (exact) mass is 425 g/mol. The smallest absolute Gasteiger partial charge is 0.261 e. The van der Waals surface area contributed by atoms with Gasteiger partial charge in [0.05, 0.1) is 23.9 Å². The van der Waals surface area contributed by atoms with Crippen molar-refractivity contribution < 1.29 is 4.79 Å². The van der Waals surface area contributed by atoms with Crippen molar-refractivity contribution in [2.24, 2.45) is 0 Å². The van der Waals surface area contributed by atoms with Crippen molar-refractivity contribution in [3.05, 3.63) is 76.4 Å². The number of nitrogens with one attached hydrogen (secondary N) is 2. The van der Waals surface area contributed by atoms with Crippen molar-refractivity contribution in [1.29, 1.82) is 0 Å². The van der Waals surface area contributed by atoms with Crippen LogP contribution in [0, 0.1) is 0 Å². The van der Waals surface area contributed by atoms with Crippen LogP contribution in [0.15, 0.2) is 70.7 Å². The molecule has 2 aromatic heterocycles. The molecule has 0 atom stereocenters. The zero-order valence-corrected chi connectivity index (χ0v) is 16.7. The van der Waals surface area contributed by atoms with Crippen molar-refractivity contribution in [3.8, 4) is 5.69 Å². The molecule has 0 aliphatic heterocycles. The van der Waals surface area contributed by atoms with E-state index in [-0.39, 0.29) is 11.5 Å². The normalized spacial score (nSPS) is 10.9. The minimum atomic E-state index is -0.262. The lowest BCUT2D eigenvalue weighted by Gasteiger charge is -2.11. The Balaban J connectivity index is 1.48. The number of halogens is 1. The Hall–Kier alpha value is -3.10. The zero-order chi connectivity index (χ0) is 20.2. The summed E-state index contributed by atoms with van der Waals surface area (Å²) < 4.78 is 1.54. The number of carbonyl (C=O) groups is 1. The third-order valence-corrected chi connectivity index (χ3v) is 5.45. The van der Waals surface area contributed by atoms with E-state index in [1.807, 2.05) is 42.5 Å². The number of amides is 1. The van der Waals surface area contributed by atoms with Crippen LogP contribution < -0.4 is 10.9 Å². The van der Waals surface area contributed by atoms with Gasteiger partial charge in [-0.2, -0.15) is 5.10 Å². The second-order valence-electron chi connectivity index (χ2n) is 6.14. The predicted octanol–water partition coefficient (Wildman–Crippen LogP) is 3.88. The Morgan fingerprint density at radius 2 is 1.97 bits per heavy atom. The van der Waals surface area contributed by atoms with E-state index in [1.54, 1.807) is 22.5 Å². The lowest BCUT2D eigenvalue weighted by Crippen LogP contribution is -2.14. The van der Waals surface area contributed by atoms with E-state index in [4.69, 9.17) is 11.6 Å². The van der Waals surface area contributed by atoms with Gasteiger partial charge in [0.1, 0.15) is 5.39 Å². The summed E-state index contributed by atoms with van der Waals surface area (Å²) in [7, 11) is 0. The number of aromatic nitrogens is 4. The molecule has 0 spiro atoms. The summed E-state index contributed by atoms with van der Waals surface area (Å²) in [6.45, 7) is 0. The van der Waals surface area contributed by atoms with Gasteiger partial charge in [0.15, 0.2) is 5.65 Å². The maximum atomic E-state index is 12.5. The number of hydrogen-bond donors (Lipinski definition) is 2. The minimum Gasteiger partial charge on any atom is -0.324 e. The van der Waals surface area contributed by atoms with E-state index >= 15 is 0 Å². The number of hydrogen-bond acceptors (Lipinski definition) is 5. The van der Waals surface area contributed by atoms with Gasteiger partial charge >= 0.3 is 0 Å². The van der Waals surface area contributed by atoms with Crippen molar-refractivity contribution in [2.75, 3.05) is 11.1 Å². The average molecular weight is 426 g/mol. The summed E-state index contributed by atoms with van der Waals surface area (Å²) in [6.07, 6.45) is 3.14. The van der Waals surface area contributed by atoms with Gasteiger partial charge in [0, 0.05) is 22.1 Å². The van der Waals surface area contributed by atoms with E-state index in [0.717, 1.165) is 4.90 Å². The van der Waals surface area contributed by atoms with E-state index in [9.17, 15) is 9.59 Å². The van der Waals surface area contributed by atoms with Gasteiger partial charge in [0.25, 0.3) is 5.56 Å². The lowest BCUT2D eigenvalue weighted by molar-refractivity contribution is -0.115. The lowest BCUT2D eigenvalue weighted by atomic mass is 10.2. The number of anilines is 1. The van der Waals surface area contributed by atoms with Crippen LogP contribution in [0.25, 0.3) is 16.7 Å². The van der Waals surface area contributed by atoms with Crippen LogP contribution >= 0.6 is 23.4 Å². The Bertz CT molecular complexity index is 1220. The van der Waals surface area contributed by atoms with Crippen LogP contribution in [0.2, 0.25) is 5.02 Å². The van der Waals surface area contributed by atoms with Gasteiger partial charge in [-0.05, 0) is 36.4 Å². The van der Waals surface area contributed by atoms with Crippen LogP contribution in [0.3, 0.4) is 0 Å². The highest BCUT2D eigenvalue weighted by atomic mass is 35.5. The van der Waals surface area contributed by atoms with Crippen LogP contribution in [0.1, 0.15) is 6.42 Å². The van der Waals surface area contributed by atoms with Gasteiger partial charge in [0.2, 0.25) is 5.91 Å². The summed E-state index contributed by atoms with van der Waals surface area (Å²) in [6, 6.07) is 14.8. The molecule has 0 saturated carbocycles. The molecule has 0 aliphatic rings. The predicted molar refractivity (Wildman–Crippen MR) is 115 cm³/mol. The molecule has 0 aliphatic carbocycles. The van der Waals surface area contributed by atoms with Crippen LogP contribution in [-0.4, -0.2) is 31.4 Å². The molecule has 0 radical (unpaired) electrons. The first-order valence-electron chi connectivity index (χ1n) is 8.81. The molecule has 0 unspecified atom stereocenters. The first-order chi connectivity index (χ1) is 14.1. The number of aromatic amines is 1. The topological polar surface area (TPSA) is 92.7 Å². The van der Waals surface area contributed by atoms with E-state index in [1.165, 1.54) is 12.5 Å². The number of carbonyl (C=O) groups excluding carboxylic acids is 1. The van der Waals surface area contributed by atoms with Gasteiger partial charge in [-0.3, -0.25) is 9.59 Å². The number of thioether (sulfide) groups is 1. The molecule has 146 valence electrons. The van der Waals surface area contributed by atoms with Crippen LogP contribution in [0.4, 0.5) is 5.69 Å². The Morgan fingerprint density at radius 1 is 1.17 bits per heavy atom. The maximum Gasteiger partial charge on any atom is 0.261 e. The average Bonchev–Trinajstić information content (AvgIpc) is 3.15. The molecule has 9 heteroatoms. The molecule has 2 aromatic carbocycles. The molecule has 1 amide bonds. The van der Waals surface area contributed by atoms with E-state index in [0.29, 0.717) is 39.6 Å². The summed E-state index contributed by atoms with van der Waals surface area (Å²) in [4.78, 5) is 32.2. The van der Waals surface area contributed by atoms with Gasteiger partial charge in [-0.15, -0.1) is 11.8 Å². The molecular weight excluding hydrogens is 410 g/mol. The highest BCUT2D eigenvalue weighted by Gasteiger charge is 2.13. The number of rotatable bonds is 6. The first kappa shape index (κ1) is 19.2. The fraction of sp³-hybridized carbons (Fsp3) is 0.100. The number of nitrogens with zero attached hydrogens (tertiary/aromatic N) is 3.